The third-order valence-electron chi connectivity index (χ3n) is 3.61. The van der Waals surface area contributed by atoms with Crippen LogP contribution in [-0.2, 0) is 6.42 Å². The van der Waals surface area contributed by atoms with Crippen molar-refractivity contribution < 1.29 is 4.79 Å². The Hall–Kier alpha value is -2.55. The third-order valence-corrected chi connectivity index (χ3v) is 3.61. The second-order valence-electron chi connectivity index (χ2n) is 4.78. The number of carbonyl (C=O) groups excluding carboxylic acids is 1. The Balaban J connectivity index is 2.36. The van der Waals surface area contributed by atoms with Gasteiger partial charge in [0.1, 0.15) is 0 Å². The fraction of sp³-hybridized carbons (Fsp3) is 0.118. The van der Waals surface area contributed by atoms with E-state index in [-0.39, 0.29) is 0 Å². The summed E-state index contributed by atoms with van der Waals surface area (Å²) in [6.45, 7) is 2.08. The highest BCUT2D eigenvalue weighted by molar-refractivity contribution is 5.98. The summed E-state index contributed by atoms with van der Waals surface area (Å²) in [7, 11) is 0. The first-order valence-corrected chi connectivity index (χ1v) is 6.70. The lowest BCUT2D eigenvalue weighted by Crippen LogP contribution is -2.15. The molecule has 0 bridgehead atoms. The summed E-state index contributed by atoms with van der Waals surface area (Å²) < 4.78 is 2.05. The number of benzene rings is 2. The number of rotatable bonds is 3. The molecule has 2 N–H and O–H groups in total. The Labute approximate surface area is 117 Å². The Bertz CT molecular complexity index is 787. The molecule has 0 aliphatic rings. The number of nitrogens with two attached hydrogens (primary N) is 1. The van der Waals surface area contributed by atoms with Crippen LogP contribution in [0.4, 0.5) is 0 Å². The number of primary amides is 1. The summed E-state index contributed by atoms with van der Waals surface area (Å²) in [5.74, 6) is -0.395. The summed E-state index contributed by atoms with van der Waals surface area (Å²) in [4.78, 5) is 11.7. The van der Waals surface area contributed by atoms with E-state index in [2.05, 4.69) is 13.0 Å². The number of hydrogen-bond donors (Lipinski definition) is 1. The maximum atomic E-state index is 11.7. The molecule has 3 aromatic rings. The molecule has 3 heteroatoms. The topological polar surface area (TPSA) is 48.0 Å². The van der Waals surface area contributed by atoms with Crippen molar-refractivity contribution in [2.24, 2.45) is 5.73 Å². The van der Waals surface area contributed by atoms with E-state index in [4.69, 9.17) is 5.73 Å². The van der Waals surface area contributed by atoms with Gasteiger partial charge < -0.3 is 10.3 Å². The van der Waals surface area contributed by atoms with Crippen molar-refractivity contribution in [2.75, 3.05) is 0 Å². The van der Waals surface area contributed by atoms with Gasteiger partial charge in [0.15, 0.2) is 0 Å². The molecule has 100 valence electrons. The highest BCUT2D eigenvalue weighted by atomic mass is 16.1. The van der Waals surface area contributed by atoms with E-state index in [0.717, 1.165) is 28.6 Å². The molecule has 0 saturated heterocycles. The number of fused-ring (bicyclic) bond motifs is 1. The lowest BCUT2D eigenvalue weighted by atomic mass is 10.0. The van der Waals surface area contributed by atoms with Gasteiger partial charge in [0.05, 0.1) is 16.8 Å². The number of carbonyl (C=O) groups is 1. The van der Waals surface area contributed by atoms with Crippen LogP contribution in [0.5, 0.6) is 0 Å². The molecule has 0 spiro atoms. The van der Waals surface area contributed by atoms with Gasteiger partial charge in [0, 0.05) is 6.20 Å². The van der Waals surface area contributed by atoms with Gasteiger partial charge in [-0.25, -0.2) is 0 Å². The molecule has 0 radical (unpaired) electrons. The average molecular weight is 264 g/mol. The smallest absolute Gasteiger partial charge is 0.250 e. The molecule has 20 heavy (non-hydrogen) atoms. The van der Waals surface area contributed by atoms with E-state index in [1.165, 1.54) is 0 Å². The molecular weight excluding hydrogens is 248 g/mol. The van der Waals surface area contributed by atoms with E-state index in [1.54, 1.807) is 6.07 Å². The normalized spacial score (nSPS) is 10.8. The zero-order valence-corrected chi connectivity index (χ0v) is 11.3. The van der Waals surface area contributed by atoms with Gasteiger partial charge in [0.25, 0.3) is 5.91 Å². The number of aryl methyl sites for hydroxylation is 1. The second-order valence-corrected chi connectivity index (χ2v) is 4.78. The molecular formula is C17H16N2O. The fourth-order valence-electron chi connectivity index (χ4n) is 2.64. The highest BCUT2D eigenvalue weighted by Crippen LogP contribution is 2.26. The Morgan fingerprint density at radius 3 is 2.65 bits per heavy atom. The van der Waals surface area contributed by atoms with Crippen molar-refractivity contribution in [3.05, 3.63) is 65.9 Å². The zero-order chi connectivity index (χ0) is 14.1. The van der Waals surface area contributed by atoms with Crippen LogP contribution in [0, 0.1) is 0 Å². The second kappa shape index (κ2) is 4.85. The largest absolute Gasteiger partial charge is 0.366 e. The molecule has 0 aliphatic heterocycles. The lowest BCUT2D eigenvalue weighted by Gasteiger charge is -2.14. The van der Waals surface area contributed by atoms with E-state index in [1.807, 2.05) is 47.2 Å². The minimum absolute atomic E-state index is 0.395. The van der Waals surface area contributed by atoms with Crippen LogP contribution < -0.4 is 5.73 Å². The molecule has 3 rings (SSSR count). The van der Waals surface area contributed by atoms with Crippen LogP contribution in [0.2, 0.25) is 0 Å². The van der Waals surface area contributed by atoms with Gasteiger partial charge in [0.2, 0.25) is 0 Å². The van der Waals surface area contributed by atoms with Crippen LogP contribution in [0.3, 0.4) is 0 Å². The summed E-state index contributed by atoms with van der Waals surface area (Å²) in [5.41, 5.74) is 9.18. The predicted octanol–water partition coefficient (Wildman–Crippen LogP) is 3.29. The molecule has 0 saturated carbocycles. The molecule has 1 aromatic heterocycles. The maximum absolute atomic E-state index is 11.7. The summed E-state index contributed by atoms with van der Waals surface area (Å²) >= 11 is 0. The van der Waals surface area contributed by atoms with Crippen LogP contribution in [-0.4, -0.2) is 10.5 Å². The van der Waals surface area contributed by atoms with Crippen molar-refractivity contribution >= 4 is 16.8 Å². The molecule has 0 aliphatic carbocycles. The lowest BCUT2D eigenvalue weighted by molar-refractivity contribution is 0.1000. The number of amides is 1. The van der Waals surface area contributed by atoms with E-state index in [0.29, 0.717) is 5.56 Å². The van der Waals surface area contributed by atoms with E-state index < -0.39 is 5.91 Å². The molecule has 2 aromatic carbocycles. The third kappa shape index (κ3) is 1.88. The summed E-state index contributed by atoms with van der Waals surface area (Å²) in [5, 5.41) is 1.15. The quantitative estimate of drug-likeness (QED) is 0.775. The Kier molecular flexibility index (Phi) is 3.03. The molecule has 1 amide bonds. The Morgan fingerprint density at radius 1 is 1.10 bits per heavy atom. The average Bonchev–Trinajstić information content (AvgIpc) is 2.90. The zero-order valence-electron chi connectivity index (χ0n) is 11.3. The molecule has 0 fully saturated rings. The first-order chi connectivity index (χ1) is 9.72. The van der Waals surface area contributed by atoms with Gasteiger partial charge in [-0.2, -0.15) is 0 Å². The van der Waals surface area contributed by atoms with E-state index >= 15 is 0 Å². The minimum Gasteiger partial charge on any atom is -0.366 e. The summed E-state index contributed by atoms with van der Waals surface area (Å²) in [6, 6.07) is 15.9. The first-order valence-electron chi connectivity index (χ1n) is 6.70. The SMILES string of the molecule is CCc1cccc(C(N)=O)c1-n1ccc2ccccc21. The number of aromatic nitrogens is 1. The predicted molar refractivity (Wildman–Crippen MR) is 81.2 cm³/mol. The number of hydrogen-bond acceptors (Lipinski definition) is 1. The number of para-hydroxylation sites is 2. The van der Waals surface area contributed by atoms with Gasteiger partial charge in [-0.1, -0.05) is 37.3 Å². The molecule has 0 unspecified atom stereocenters. The molecule has 0 atom stereocenters. The molecule has 3 nitrogen and oxygen atoms in total. The maximum Gasteiger partial charge on any atom is 0.250 e. The van der Waals surface area contributed by atoms with Crippen molar-refractivity contribution in [2.45, 2.75) is 13.3 Å². The summed E-state index contributed by atoms with van der Waals surface area (Å²) in [6.07, 6.45) is 2.84. The van der Waals surface area contributed by atoms with Crippen LogP contribution >= 0.6 is 0 Å². The van der Waals surface area contributed by atoms with Crippen molar-refractivity contribution in [1.29, 1.82) is 0 Å². The minimum atomic E-state index is -0.395. The van der Waals surface area contributed by atoms with Crippen LogP contribution in [0.1, 0.15) is 22.8 Å². The van der Waals surface area contributed by atoms with Gasteiger partial charge >= 0.3 is 0 Å². The van der Waals surface area contributed by atoms with Gasteiger partial charge in [-0.15, -0.1) is 0 Å². The van der Waals surface area contributed by atoms with Crippen LogP contribution in [0.25, 0.3) is 16.6 Å². The van der Waals surface area contributed by atoms with Crippen LogP contribution in [0.15, 0.2) is 54.7 Å². The van der Waals surface area contributed by atoms with Crippen molar-refractivity contribution in [3.63, 3.8) is 0 Å². The molecule has 1 heterocycles. The fourth-order valence-corrected chi connectivity index (χ4v) is 2.64. The van der Waals surface area contributed by atoms with E-state index in [9.17, 15) is 4.79 Å². The van der Waals surface area contributed by atoms with Gasteiger partial charge in [-0.3, -0.25) is 4.79 Å². The van der Waals surface area contributed by atoms with Gasteiger partial charge in [-0.05, 0) is 35.6 Å². The Morgan fingerprint density at radius 2 is 1.90 bits per heavy atom. The first kappa shape index (κ1) is 12.5. The highest BCUT2D eigenvalue weighted by Gasteiger charge is 2.14. The number of nitrogens with zero attached hydrogens (tertiary/aromatic N) is 1. The van der Waals surface area contributed by atoms with Crippen molar-refractivity contribution in [1.82, 2.24) is 4.57 Å². The monoisotopic (exact) mass is 264 g/mol. The van der Waals surface area contributed by atoms with Crippen molar-refractivity contribution in [3.8, 4) is 5.69 Å². The standard InChI is InChI=1S/C17H16N2O/c1-2-12-7-5-8-14(17(18)20)16(12)19-11-10-13-6-3-4-9-15(13)19/h3-11H,2H2,1H3,(H2,18,20).